The molecule has 172 valence electrons. The second kappa shape index (κ2) is 8.37. The highest BCUT2D eigenvalue weighted by Crippen LogP contribution is 2.29. The van der Waals surface area contributed by atoms with E-state index in [0.717, 1.165) is 12.1 Å². The number of primary amides is 1. The standard InChI is InChI=1S/C21H18F3N5O4/c22-21(23,24)33-13-5-3-4-12(10-13)26-18(30)17-8-9-28(17)20(32)27-15-11-29(19(25)31)16-7-2-1-6-14(15)16/h1-7,10-11,17H,8-9H2,(H2,25,31)(H,26,30)(H,27,32)/t17-/m0/s1. The Morgan fingerprint density at radius 1 is 1.06 bits per heavy atom. The Balaban J connectivity index is 1.44. The number of amides is 4. The fourth-order valence-electron chi connectivity index (χ4n) is 3.55. The normalized spacial score (nSPS) is 15.6. The average molecular weight is 461 g/mol. The number of alkyl halides is 3. The first-order valence-corrected chi connectivity index (χ1v) is 9.76. The van der Waals surface area contributed by atoms with Gasteiger partial charge in [-0.3, -0.25) is 9.36 Å². The van der Waals surface area contributed by atoms with Crippen LogP contribution >= 0.6 is 0 Å². The van der Waals surface area contributed by atoms with E-state index in [2.05, 4.69) is 15.4 Å². The first-order valence-electron chi connectivity index (χ1n) is 9.76. The van der Waals surface area contributed by atoms with Gasteiger partial charge in [0.1, 0.15) is 11.8 Å². The number of carbonyl (C=O) groups excluding carboxylic acids is 3. The summed E-state index contributed by atoms with van der Waals surface area (Å²) in [5.74, 6) is -1.03. The number of aromatic nitrogens is 1. The molecule has 4 amide bonds. The molecular formula is C21H18F3N5O4. The number of hydrogen-bond acceptors (Lipinski definition) is 4. The molecule has 1 fully saturated rings. The third-order valence-corrected chi connectivity index (χ3v) is 5.11. The number of halogens is 3. The maximum Gasteiger partial charge on any atom is 0.573 e. The van der Waals surface area contributed by atoms with Gasteiger partial charge in [0.25, 0.3) is 0 Å². The van der Waals surface area contributed by atoms with Crippen LogP contribution in [0.3, 0.4) is 0 Å². The third kappa shape index (κ3) is 4.68. The average Bonchev–Trinajstić information content (AvgIpc) is 3.05. The SMILES string of the molecule is NC(=O)n1cc(NC(=O)N2CC[C@H]2C(=O)Nc2cccc(OC(F)(F)F)c2)c2ccccc21. The van der Waals surface area contributed by atoms with Gasteiger partial charge in [-0.15, -0.1) is 13.2 Å². The van der Waals surface area contributed by atoms with Gasteiger partial charge < -0.3 is 26.0 Å². The Kier molecular flexibility index (Phi) is 5.58. The lowest BCUT2D eigenvalue weighted by atomic mass is 10.0. The molecule has 1 atom stereocenters. The topological polar surface area (TPSA) is 119 Å². The van der Waals surface area contributed by atoms with E-state index >= 15 is 0 Å². The predicted octanol–water partition coefficient (Wildman–Crippen LogP) is 3.71. The summed E-state index contributed by atoms with van der Waals surface area (Å²) in [5, 5.41) is 5.76. The maximum absolute atomic E-state index is 12.8. The van der Waals surface area contributed by atoms with Crippen LogP contribution in [0, 0.1) is 0 Å². The van der Waals surface area contributed by atoms with Crippen molar-refractivity contribution in [3.63, 3.8) is 0 Å². The number of anilines is 2. The summed E-state index contributed by atoms with van der Waals surface area (Å²) in [5.41, 5.74) is 6.33. The minimum atomic E-state index is -4.86. The Hall–Kier alpha value is -4.22. The molecule has 33 heavy (non-hydrogen) atoms. The fourth-order valence-corrected chi connectivity index (χ4v) is 3.55. The van der Waals surface area contributed by atoms with Crippen LogP contribution in [0.1, 0.15) is 6.42 Å². The molecule has 0 bridgehead atoms. The number of nitrogens with two attached hydrogens (primary N) is 1. The molecule has 1 aliphatic rings. The van der Waals surface area contributed by atoms with Gasteiger partial charge in [0, 0.05) is 29.9 Å². The Morgan fingerprint density at radius 3 is 2.48 bits per heavy atom. The minimum Gasteiger partial charge on any atom is -0.406 e. The quantitative estimate of drug-likeness (QED) is 0.549. The van der Waals surface area contributed by atoms with E-state index in [1.165, 1.54) is 27.8 Å². The fraction of sp³-hybridized carbons (Fsp3) is 0.190. The van der Waals surface area contributed by atoms with Crippen LogP contribution < -0.4 is 21.1 Å². The number of para-hydroxylation sites is 1. The monoisotopic (exact) mass is 461 g/mol. The van der Waals surface area contributed by atoms with Gasteiger partial charge in [0.05, 0.1) is 11.2 Å². The number of nitrogens with one attached hydrogen (secondary N) is 2. The molecular weight excluding hydrogens is 443 g/mol. The van der Waals surface area contributed by atoms with E-state index in [4.69, 9.17) is 5.73 Å². The van der Waals surface area contributed by atoms with Crippen molar-refractivity contribution in [3.8, 4) is 5.75 Å². The first-order chi connectivity index (χ1) is 15.6. The number of likely N-dealkylation sites (tertiary alicyclic amines) is 1. The number of fused-ring (bicyclic) bond motifs is 1. The van der Waals surface area contributed by atoms with E-state index in [9.17, 15) is 27.6 Å². The Morgan fingerprint density at radius 2 is 1.82 bits per heavy atom. The summed E-state index contributed by atoms with van der Waals surface area (Å²) in [7, 11) is 0. The van der Waals surface area contributed by atoms with Crippen LogP contribution in [-0.4, -0.2) is 46.4 Å². The number of carbonyl (C=O) groups is 3. The number of hydrogen-bond donors (Lipinski definition) is 3. The second-order valence-corrected chi connectivity index (χ2v) is 7.26. The van der Waals surface area contributed by atoms with Crippen LogP contribution in [0.15, 0.2) is 54.7 Å². The van der Waals surface area contributed by atoms with Crippen molar-refractivity contribution in [1.29, 1.82) is 0 Å². The third-order valence-electron chi connectivity index (χ3n) is 5.11. The molecule has 1 saturated heterocycles. The molecule has 0 radical (unpaired) electrons. The summed E-state index contributed by atoms with van der Waals surface area (Å²) in [6.45, 7) is 0.301. The zero-order chi connectivity index (χ0) is 23.8. The Labute approximate surface area is 184 Å². The summed E-state index contributed by atoms with van der Waals surface area (Å²) in [6.07, 6.45) is -3.09. The van der Waals surface area contributed by atoms with E-state index in [-0.39, 0.29) is 5.69 Å². The van der Waals surface area contributed by atoms with Crippen LogP contribution in [0.25, 0.3) is 10.9 Å². The molecule has 0 spiro atoms. The van der Waals surface area contributed by atoms with Crippen LogP contribution in [0.5, 0.6) is 5.75 Å². The molecule has 12 heteroatoms. The van der Waals surface area contributed by atoms with Crippen molar-refractivity contribution in [2.75, 3.05) is 17.2 Å². The number of nitrogens with zero attached hydrogens (tertiary/aromatic N) is 2. The van der Waals surface area contributed by atoms with Crippen LogP contribution in [0.2, 0.25) is 0 Å². The van der Waals surface area contributed by atoms with Gasteiger partial charge in [-0.05, 0) is 24.6 Å². The number of urea groups is 1. The summed E-state index contributed by atoms with van der Waals surface area (Å²) < 4.78 is 42.2. The number of ether oxygens (including phenoxy) is 1. The lowest BCUT2D eigenvalue weighted by Gasteiger charge is -2.39. The van der Waals surface area contributed by atoms with Crippen molar-refractivity contribution in [2.24, 2.45) is 5.73 Å². The van der Waals surface area contributed by atoms with E-state index in [1.54, 1.807) is 24.3 Å². The highest BCUT2D eigenvalue weighted by molar-refractivity contribution is 6.06. The summed E-state index contributed by atoms with van der Waals surface area (Å²) in [6, 6.07) is 9.58. The molecule has 2 aromatic carbocycles. The largest absolute Gasteiger partial charge is 0.573 e. The van der Waals surface area contributed by atoms with Gasteiger partial charge in [-0.2, -0.15) is 0 Å². The predicted molar refractivity (Wildman–Crippen MR) is 113 cm³/mol. The van der Waals surface area contributed by atoms with Gasteiger partial charge in [-0.1, -0.05) is 24.3 Å². The molecule has 4 rings (SSSR count). The van der Waals surface area contributed by atoms with E-state index < -0.39 is 36.1 Å². The molecule has 1 aromatic heterocycles. The second-order valence-electron chi connectivity index (χ2n) is 7.26. The van der Waals surface area contributed by atoms with Crippen molar-refractivity contribution in [3.05, 3.63) is 54.7 Å². The number of benzene rings is 2. The molecule has 9 nitrogen and oxygen atoms in total. The summed E-state index contributed by atoms with van der Waals surface area (Å²) >= 11 is 0. The first kappa shape index (κ1) is 22.0. The van der Waals surface area contributed by atoms with Gasteiger partial charge in [0.15, 0.2) is 0 Å². The zero-order valence-corrected chi connectivity index (χ0v) is 16.9. The molecule has 0 aliphatic carbocycles. The van der Waals surface area contributed by atoms with E-state index in [1.807, 2.05) is 0 Å². The molecule has 1 aliphatic heterocycles. The van der Waals surface area contributed by atoms with Gasteiger partial charge >= 0.3 is 18.4 Å². The molecule has 0 unspecified atom stereocenters. The van der Waals surface area contributed by atoms with Gasteiger partial charge in [0.2, 0.25) is 5.91 Å². The smallest absolute Gasteiger partial charge is 0.406 e. The highest BCUT2D eigenvalue weighted by atomic mass is 19.4. The number of rotatable bonds is 4. The molecule has 3 aromatic rings. The van der Waals surface area contributed by atoms with Crippen LogP contribution in [-0.2, 0) is 4.79 Å². The molecule has 4 N–H and O–H groups in total. The highest BCUT2D eigenvalue weighted by Gasteiger charge is 2.38. The van der Waals surface area contributed by atoms with E-state index in [0.29, 0.717) is 29.6 Å². The van der Waals surface area contributed by atoms with Crippen molar-refractivity contribution >= 4 is 40.2 Å². The maximum atomic E-state index is 12.8. The Bertz CT molecular complexity index is 1240. The van der Waals surface area contributed by atoms with Crippen LogP contribution in [0.4, 0.5) is 34.1 Å². The van der Waals surface area contributed by atoms with Gasteiger partial charge in [-0.25, -0.2) is 9.59 Å². The van der Waals surface area contributed by atoms with Crippen molar-refractivity contribution < 1.29 is 32.3 Å². The van der Waals surface area contributed by atoms with Crippen molar-refractivity contribution in [2.45, 2.75) is 18.8 Å². The summed E-state index contributed by atoms with van der Waals surface area (Å²) in [4.78, 5) is 38.3. The zero-order valence-electron chi connectivity index (χ0n) is 16.9. The molecule has 2 heterocycles. The minimum absolute atomic E-state index is 0.0959. The lowest BCUT2D eigenvalue weighted by molar-refractivity contribution is -0.274. The lowest BCUT2D eigenvalue weighted by Crippen LogP contribution is -2.58. The van der Waals surface area contributed by atoms with Crippen molar-refractivity contribution in [1.82, 2.24) is 9.47 Å². The molecule has 0 saturated carbocycles.